The maximum absolute atomic E-state index is 13.0. The minimum Gasteiger partial charge on any atom is -0.495 e. The van der Waals surface area contributed by atoms with Gasteiger partial charge in [-0.3, -0.25) is 0 Å². The third kappa shape index (κ3) is 3.50. The molecule has 2 heterocycles. The Morgan fingerprint density at radius 3 is 2.56 bits per heavy atom. The third-order valence-electron chi connectivity index (χ3n) is 4.11. The topological polar surface area (TPSA) is 98.4 Å². The molecule has 7 nitrogen and oxygen atoms in total. The Kier molecular flexibility index (Phi) is 5.01. The van der Waals surface area contributed by atoms with Crippen LogP contribution in [0.15, 0.2) is 34.2 Å². The molecule has 2 aromatic rings. The van der Waals surface area contributed by atoms with Crippen LogP contribution < -0.4 is 15.4 Å². The van der Waals surface area contributed by atoms with Crippen LogP contribution in [0.3, 0.4) is 0 Å². The van der Waals surface area contributed by atoms with E-state index < -0.39 is 9.84 Å². The lowest BCUT2D eigenvalue weighted by Gasteiger charge is -2.26. The van der Waals surface area contributed by atoms with Gasteiger partial charge >= 0.3 is 0 Å². The zero-order valence-corrected chi connectivity index (χ0v) is 15.3. The van der Waals surface area contributed by atoms with E-state index in [1.165, 1.54) is 31.9 Å². The Morgan fingerprint density at radius 1 is 1.20 bits per heavy atom. The van der Waals surface area contributed by atoms with Gasteiger partial charge in [0.25, 0.3) is 0 Å². The first-order valence-electron chi connectivity index (χ1n) is 7.89. The first-order valence-corrected chi connectivity index (χ1v) is 9.75. The molecule has 0 bridgehead atoms. The molecule has 1 fully saturated rings. The molecule has 0 aliphatic carbocycles. The molecule has 9 heteroatoms. The second-order valence-electron chi connectivity index (χ2n) is 5.77. The van der Waals surface area contributed by atoms with E-state index in [2.05, 4.69) is 9.97 Å². The number of ether oxygens (including phenoxy) is 1. The Hall–Kier alpha value is -2.06. The fourth-order valence-electron chi connectivity index (χ4n) is 2.81. The number of hydrogen-bond acceptors (Lipinski definition) is 7. The van der Waals surface area contributed by atoms with Crippen molar-refractivity contribution in [2.24, 2.45) is 0 Å². The molecule has 25 heavy (non-hydrogen) atoms. The molecule has 0 saturated carbocycles. The monoisotopic (exact) mass is 382 g/mol. The maximum atomic E-state index is 13.0. The van der Waals surface area contributed by atoms with Crippen LogP contribution in [-0.2, 0) is 9.84 Å². The number of nitrogens with zero attached hydrogens (tertiary/aromatic N) is 3. The molecule has 134 valence electrons. The lowest BCUT2D eigenvalue weighted by Crippen LogP contribution is -2.31. The Balaban J connectivity index is 2.02. The first-order chi connectivity index (χ1) is 11.9. The molecular weight excluding hydrogens is 364 g/mol. The summed E-state index contributed by atoms with van der Waals surface area (Å²) in [5.74, 6) is 0.552. The van der Waals surface area contributed by atoms with Crippen LogP contribution in [0.2, 0.25) is 5.02 Å². The fraction of sp³-hybridized carbons (Fsp3) is 0.375. The van der Waals surface area contributed by atoms with Crippen LogP contribution in [0.4, 0.5) is 11.8 Å². The van der Waals surface area contributed by atoms with Crippen LogP contribution in [0.1, 0.15) is 19.3 Å². The number of hydrogen-bond donors (Lipinski definition) is 1. The number of sulfone groups is 1. The highest BCUT2D eigenvalue weighted by molar-refractivity contribution is 7.91. The van der Waals surface area contributed by atoms with Crippen molar-refractivity contribution >= 4 is 33.2 Å². The van der Waals surface area contributed by atoms with Gasteiger partial charge in [-0.2, -0.15) is 4.98 Å². The first kappa shape index (κ1) is 17.8. The minimum absolute atomic E-state index is 0.0662. The molecule has 0 atom stereocenters. The van der Waals surface area contributed by atoms with Crippen LogP contribution in [0.25, 0.3) is 0 Å². The number of methoxy groups -OCH3 is 1. The van der Waals surface area contributed by atoms with Crippen molar-refractivity contribution in [1.82, 2.24) is 9.97 Å². The Bertz CT molecular complexity index is 883. The summed E-state index contributed by atoms with van der Waals surface area (Å²) in [5.41, 5.74) is 5.95. The normalized spacial score (nSPS) is 15.2. The van der Waals surface area contributed by atoms with Gasteiger partial charge in [-0.05, 0) is 37.5 Å². The molecule has 1 aromatic heterocycles. The van der Waals surface area contributed by atoms with E-state index in [0.29, 0.717) is 5.95 Å². The summed E-state index contributed by atoms with van der Waals surface area (Å²) in [5, 5.41) is 0.281. The van der Waals surface area contributed by atoms with Gasteiger partial charge in [0.05, 0.1) is 13.3 Å². The predicted octanol–water partition coefficient (Wildman–Crippen LogP) is 2.54. The van der Waals surface area contributed by atoms with E-state index in [1.807, 2.05) is 4.90 Å². The summed E-state index contributed by atoms with van der Waals surface area (Å²) < 4.78 is 31.1. The number of piperidine rings is 1. The second kappa shape index (κ2) is 7.05. The molecule has 1 aromatic carbocycles. The molecule has 1 aliphatic heterocycles. The van der Waals surface area contributed by atoms with Crippen molar-refractivity contribution in [3.63, 3.8) is 0 Å². The highest BCUT2D eigenvalue weighted by Crippen LogP contribution is 2.33. The molecular formula is C16H19ClN4O3S. The van der Waals surface area contributed by atoms with Gasteiger partial charge in [0.2, 0.25) is 15.8 Å². The molecule has 0 spiro atoms. The number of rotatable bonds is 4. The fourth-order valence-corrected chi connectivity index (χ4v) is 4.49. The largest absolute Gasteiger partial charge is 0.495 e. The Labute approximate surface area is 151 Å². The molecule has 3 rings (SSSR count). The lowest BCUT2D eigenvalue weighted by molar-refractivity contribution is 0.402. The van der Waals surface area contributed by atoms with Crippen LogP contribution >= 0.6 is 11.6 Å². The van der Waals surface area contributed by atoms with Crippen LogP contribution in [0.5, 0.6) is 5.75 Å². The maximum Gasteiger partial charge on any atom is 0.227 e. The number of aromatic nitrogens is 2. The van der Waals surface area contributed by atoms with Crippen molar-refractivity contribution < 1.29 is 13.2 Å². The summed E-state index contributed by atoms with van der Waals surface area (Å²) in [6, 6.07) is 4.38. The molecule has 0 amide bonds. The molecule has 1 aliphatic rings. The number of halogens is 1. The van der Waals surface area contributed by atoms with E-state index in [0.717, 1.165) is 25.9 Å². The van der Waals surface area contributed by atoms with Crippen molar-refractivity contribution in [3.8, 4) is 5.75 Å². The number of nitrogens with two attached hydrogens (primary N) is 1. The smallest absolute Gasteiger partial charge is 0.227 e. The van der Waals surface area contributed by atoms with Crippen LogP contribution in [0, 0.1) is 0 Å². The SMILES string of the molecule is COc1ccc(Cl)cc1S(=O)(=O)c1cnc(N2CCCCC2)nc1N. The number of benzene rings is 1. The van der Waals surface area contributed by atoms with E-state index in [4.69, 9.17) is 22.1 Å². The van der Waals surface area contributed by atoms with E-state index >= 15 is 0 Å². The van der Waals surface area contributed by atoms with Crippen molar-refractivity contribution in [1.29, 1.82) is 0 Å². The minimum atomic E-state index is -3.96. The number of anilines is 2. The van der Waals surface area contributed by atoms with Crippen molar-refractivity contribution in [3.05, 3.63) is 29.4 Å². The summed E-state index contributed by atoms with van der Waals surface area (Å²) in [7, 11) is -2.57. The summed E-state index contributed by atoms with van der Waals surface area (Å²) in [4.78, 5) is 10.2. The van der Waals surface area contributed by atoms with Gasteiger partial charge in [0.15, 0.2) is 0 Å². The zero-order valence-electron chi connectivity index (χ0n) is 13.8. The molecule has 2 N–H and O–H groups in total. The average Bonchev–Trinajstić information content (AvgIpc) is 2.62. The Morgan fingerprint density at radius 2 is 1.92 bits per heavy atom. The quantitative estimate of drug-likeness (QED) is 0.867. The predicted molar refractivity (Wildman–Crippen MR) is 96.0 cm³/mol. The van der Waals surface area contributed by atoms with Gasteiger partial charge in [0, 0.05) is 18.1 Å². The van der Waals surface area contributed by atoms with Crippen molar-refractivity contribution in [2.75, 3.05) is 30.8 Å². The summed E-state index contributed by atoms with van der Waals surface area (Å²) in [6.45, 7) is 1.68. The van der Waals surface area contributed by atoms with Gasteiger partial charge in [0.1, 0.15) is 21.4 Å². The molecule has 0 unspecified atom stereocenters. The van der Waals surface area contributed by atoms with Crippen molar-refractivity contribution in [2.45, 2.75) is 29.1 Å². The van der Waals surface area contributed by atoms with E-state index in [-0.39, 0.29) is 26.4 Å². The van der Waals surface area contributed by atoms with Gasteiger partial charge < -0.3 is 15.4 Å². The van der Waals surface area contributed by atoms with Gasteiger partial charge in [-0.1, -0.05) is 11.6 Å². The highest BCUT2D eigenvalue weighted by atomic mass is 35.5. The highest BCUT2D eigenvalue weighted by Gasteiger charge is 2.27. The summed E-state index contributed by atoms with van der Waals surface area (Å²) in [6.07, 6.45) is 4.54. The van der Waals surface area contributed by atoms with Gasteiger partial charge in [-0.15, -0.1) is 0 Å². The summed E-state index contributed by atoms with van der Waals surface area (Å²) >= 11 is 5.94. The lowest BCUT2D eigenvalue weighted by atomic mass is 10.1. The number of nitrogen functional groups attached to an aromatic ring is 1. The average molecular weight is 383 g/mol. The van der Waals surface area contributed by atoms with Crippen LogP contribution in [-0.4, -0.2) is 38.6 Å². The third-order valence-corrected chi connectivity index (χ3v) is 6.14. The molecule has 0 radical (unpaired) electrons. The zero-order chi connectivity index (χ0) is 18.0. The standard InChI is InChI=1S/C16H19ClN4O3S/c1-24-12-6-5-11(17)9-13(12)25(22,23)14-10-19-16(20-15(14)18)21-7-3-2-4-8-21/h5-6,9-10H,2-4,7-8H2,1H3,(H2,18,19,20). The van der Waals surface area contributed by atoms with Gasteiger partial charge in [-0.25, -0.2) is 13.4 Å². The van der Waals surface area contributed by atoms with E-state index in [9.17, 15) is 8.42 Å². The van der Waals surface area contributed by atoms with E-state index in [1.54, 1.807) is 6.07 Å². The molecule has 1 saturated heterocycles. The second-order valence-corrected chi connectivity index (χ2v) is 8.09.